The fraction of sp³-hybridized carbons (Fsp3) is 0.0588. The van der Waals surface area contributed by atoms with Gasteiger partial charge in [0.2, 0.25) is 5.95 Å². The third kappa shape index (κ3) is 2.18. The van der Waals surface area contributed by atoms with Crippen LogP contribution < -0.4 is 4.90 Å². The third-order valence-corrected chi connectivity index (χ3v) is 3.82. The maximum absolute atomic E-state index is 13.6. The zero-order valence-electron chi connectivity index (χ0n) is 12.4. The van der Waals surface area contributed by atoms with Crippen LogP contribution in [0, 0.1) is 5.95 Å². The molecule has 0 aliphatic carbocycles. The zero-order chi connectivity index (χ0) is 16.7. The Morgan fingerprint density at radius 1 is 0.958 bits per heavy atom. The fourth-order valence-electron chi connectivity index (χ4n) is 2.67. The van der Waals surface area contributed by atoms with E-state index in [0.717, 1.165) is 4.90 Å². The van der Waals surface area contributed by atoms with Gasteiger partial charge in [-0.1, -0.05) is 18.2 Å². The minimum atomic E-state index is -0.574. The Bertz CT molecular complexity index is 931. The van der Waals surface area contributed by atoms with Gasteiger partial charge in [-0.25, -0.2) is 9.88 Å². The van der Waals surface area contributed by atoms with Crippen molar-refractivity contribution in [2.45, 2.75) is 6.54 Å². The van der Waals surface area contributed by atoms with E-state index >= 15 is 0 Å². The SMILES string of the molecule is O=C1c2ccccc2C(=O)N1c1ccn(Cc2cccnc2F)n1. The predicted molar refractivity (Wildman–Crippen MR) is 83.1 cm³/mol. The summed E-state index contributed by atoms with van der Waals surface area (Å²) in [6.07, 6.45) is 2.96. The maximum atomic E-state index is 13.6. The average molecular weight is 322 g/mol. The molecule has 2 amide bonds. The number of carbonyl (C=O) groups excluding carboxylic acids is 2. The van der Waals surface area contributed by atoms with Gasteiger partial charge in [-0.15, -0.1) is 0 Å². The summed E-state index contributed by atoms with van der Waals surface area (Å²) in [5, 5.41) is 4.22. The number of amides is 2. The van der Waals surface area contributed by atoms with Gasteiger partial charge in [0, 0.05) is 24.0 Å². The van der Waals surface area contributed by atoms with E-state index in [1.54, 1.807) is 48.7 Å². The molecule has 2 aromatic heterocycles. The van der Waals surface area contributed by atoms with Crippen LogP contribution in [0.3, 0.4) is 0 Å². The van der Waals surface area contributed by atoms with Crippen molar-refractivity contribution in [3.05, 3.63) is 77.5 Å². The van der Waals surface area contributed by atoms with E-state index in [2.05, 4.69) is 10.1 Å². The predicted octanol–water partition coefficient (Wildman–Crippen LogP) is 2.27. The molecule has 0 saturated heterocycles. The molecule has 0 fully saturated rings. The Labute approximate surface area is 136 Å². The summed E-state index contributed by atoms with van der Waals surface area (Å²) in [7, 11) is 0. The van der Waals surface area contributed by atoms with Gasteiger partial charge in [-0.2, -0.15) is 9.49 Å². The smallest absolute Gasteiger partial charge is 0.267 e. The van der Waals surface area contributed by atoms with E-state index < -0.39 is 17.8 Å². The van der Waals surface area contributed by atoms with Crippen LogP contribution >= 0.6 is 0 Å². The second kappa shape index (κ2) is 5.38. The minimum absolute atomic E-state index is 0.156. The molecule has 0 atom stereocenters. The van der Waals surface area contributed by atoms with Gasteiger partial charge in [-0.05, 0) is 18.2 Å². The molecule has 1 aromatic carbocycles. The van der Waals surface area contributed by atoms with Crippen LogP contribution in [0.15, 0.2) is 54.9 Å². The van der Waals surface area contributed by atoms with Gasteiger partial charge < -0.3 is 0 Å². The highest BCUT2D eigenvalue weighted by Gasteiger charge is 2.37. The Kier molecular flexibility index (Phi) is 3.19. The molecule has 6 nitrogen and oxygen atoms in total. The number of aromatic nitrogens is 3. The highest BCUT2D eigenvalue weighted by atomic mass is 19.1. The number of halogens is 1. The topological polar surface area (TPSA) is 68.1 Å². The molecule has 0 N–H and O–H groups in total. The van der Waals surface area contributed by atoms with Crippen LogP contribution in [-0.2, 0) is 6.54 Å². The van der Waals surface area contributed by atoms with E-state index in [4.69, 9.17) is 0 Å². The van der Waals surface area contributed by atoms with Gasteiger partial charge in [0.25, 0.3) is 11.8 Å². The van der Waals surface area contributed by atoms with E-state index in [1.165, 1.54) is 10.9 Å². The molecule has 3 aromatic rings. The highest BCUT2D eigenvalue weighted by molar-refractivity contribution is 6.34. The van der Waals surface area contributed by atoms with Crippen molar-refractivity contribution >= 4 is 17.6 Å². The Hall–Kier alpha value is -3.35. The molecule has 0 radical (unpaired) electrons. The summed E-state index contributed by atoms with van der Waals surface area (Å²) in [6, 6.07) is 11.4. The maximum Gasteiger partial charge on any atom is 0.267 e. The highest BCUT2D eigenvalue weighted by Crippen LogP contribution is 2.27. The van der Waals surface area contributed by atoms with Crippen LogP contribution in [0.1, 0.15) is 26.3 Å². The molecular formula is C17H11FN4O2. The van der Waals surface area contributed by atoms with Gasteiger partial charge in [0.05, 0.1) is 17.7 Å². The molecule has 3 heterocycles. The second-order valence-electron chi connectivity index (χ2n) is 5.32. The molecule has 7 heteroatoms. The lowest BCUT2D eigenvalue weighted by atomic mass is 10.1. The first-order valence-corrected chi connectivity index (χ1v) is 7.26. The van der Waals surface area contributed by atoms with E-state index in [0.29, 0.717) is 16.7 Å². The number of hydrogen-bond donors (Lipinski definition) is 0. The van der Waals surface area contributed by atoms with Gasteiger partial charge in [0.1, 0.15) is 0 Å². The van der Waals surface area contributed by atoms with Gasteiger partial charge >= 0.3 is 0 Å². The Morgan fingerprint density at radius 3 is 2.33 bits per heavy atom. The fourth-order valence-corrected chi connectivity index (χ4v) is 2.67. The summed E-state index contributed by atoms with van der Waals surface area (Å²) < 4.78 is 15.1. The van der Waals surface area contributed by atoms with Crippen molar-refractivity contribution in [3.63, 3.8) is 0 Å². The first kappa shape index (κ1) is 14.3. The van der Waals surface area contributed by atoms with Crippen LogP contribution in [-0.4, -0.2) is 26.6 Å². The van der Waals surface area contributed by atoms with Gasteiger partial charge in [0.15, 0.2) is 5.82 Å². The molecule has 4 rings (SSSR count). The van der Waals surface area contributed by atoms with Crippen LogP contribution in [0.5, 0.6) is 0 Å². The first-order chi connectivity index (χ1) is 11.6. The minimum Gasteiger partial charge on any atom is -0.268 e. The number of anilines is 1. The van der Waals surface area contributed by atoms with Crippen molar-refractivity contribution in [2.24, 2.45) is 0 Å². The van der Waals surface area contributed by atoms with E-state index in [-0.39, 0.29) is 12.4 Å². The summed E-state index contributed by atoms with van der Waals surface area (Å²) in [4.78, 5) is 29.4. The number of hydrogen-bond acceptors (Lipinski definition) is 4. The largest absolute Gasteiger partial charge is 0.268 e. The molecule has 1 aliphatic rings. The Balaban J connectivity index is 1.63. The van der Waals surface area contributed by atoms with Crippen molar-refractivity contribution in [2.75, 3.05) is 4.90 Å². The molecule has 0 saturated carbocycles. The molecule has 1 aliphatic heterocycles. The lowest BCUT2D eigenvalue weighted by Gasteiger charge is -2.09. The van der Waals surface area contributed by atoms with E-state index in [1.807, 2.05) is 0 Å². The monoisotopic (exact) mass is 322 g/mol. The summed E-state index contributed by atoms with van der Waals surface area (Å²) >= 11 is 0. The summed E-state index contributed by atoms with van der Waals surface area (Å²) in [5.74, 6) is -1.18. The number of nitrogens with zero attached hydrogens (tertiary/aromatic N) is 4. The first-order valence-electron chi connectivity index (χ1n) is 7.26. The molecule has 0 spiro atoms. The van der Waals surface area contributed by atoms with Crippen LogP contribution in [0.4, 0.5) is 10.2 Å². The van der Waals surface area contributed by atoms with Gasteiger partial charge in [-0.3, -0.25) is 14.3 Å². The Morgan fingerprint density at radius 2 is 1.67 bits per heavy atom. The van der Waals surface area contributed by atoms with Crippen LogP contribution in [0.2, 0.25) is 0 Å². The number of pyridine rings is 1. The molecule has 24 heavy (non-hydrogen) atoms. The molecule has 0 unspecified atom stereocenters. The number of fused-ring (bicyclic) bond motifs is 1. The summed E-state index contributed by atoms with van der Waals surface area (Å²) in [5.41, 5.74) is 1.08. The lowest BCUT2D eigenvalue weighted by Crippen LogP contribution is -2.29. The van der Waals surface area contributed by atoms with E-state index in [9.17, 15) is 14.0 Å². The number of benzene rings is 1. The average Bonchev–Trinajstić information content (AvgIpc) is 3.14. The van der Waals surface area contributed by atoms with Crippen LogP contribution in [0.25, 0.3) is 0 Å². The number of rotatable bonds is 3. The zero-order valence-corrected chi connectivity index (χ0v) is 12.4. The lowest BCUT2D eigenvalue weighted by molar-refractivity contribution is 0.0925. The third-order valence-electron chi connectivity index (χ3n) is 3.82. The van der Waals surface area contributed by atoms with Crippen molar-refractivity contribution < 1.29 is 14.0 Å². The standard InChI is InChI=1S/C17H11FN4O2/c18-15-11(4-3-8-19-15)10-21-9-7-14(20-21)22-16(23)12-5-1-2-6-13(12)17(22)24/h1-9H,10H2. The number of carbonyl (C=O) groups is 2. The molecule has 0 bridgehead atoms. The van der Waals surface area contributed by atoms with Crippen molar-refractivity contribution in [3.8, 4) is 0 Å². The number of imide groups is 1. The normalized spacial score (nSPS) is 13.5. The molecular weight excluding hydrogens is 311 g/mol. The molecule has 118 valence electrons. The van der Waals surface area contributed by atoms with Crippen molar-refractivity contribution in [1.29, 1.82) is 0 Å². The quantitative estimate of drug-likeness (QED) is 0.548. The summed E-state index contributed by atoms with van der Waals surface area (Å²) in [6.45, 7) is 0.156. The van der Waals surface area contributed by atoms with Crippen molar-refractivity contribution in [1.82, 2.24) is 14.8 Å². The second-order valence-corrected chi connectivity index (χ2v) is 5.32.